The third-order valence-corrected chi connectivity index (χ3v) is 4.43. The van der Waals surface area contributed by atoms with Crippen molar-refractivity contribution in [2.45, 2.75) is 0 Å². The van der Waals surface area contributed by atoms with Gasteiger partial charge < -0.3 is 9.47 Å². The molecule has 1 heterocycles. The monoisotopic (exact) mass is 444 g/mol. The van der Waals surface area contributed by atoms with E-state index in [1.165, 1.54) is 20.3 Å². The van der Waals surface area contributed by atoms with Crippen LogP contribution in [0.15, 0.2) is 53.0 Å². The molecule has 3 N–H and O–H groups in total. The van der Waals surface area contributed by atoms with Crippen LogP contribution in [0.4, 0.5) is 0 Å². The Hall–Kier alpha value is -3.33. The van der Waals surface area contributed by atoms with Gasteiger partial charge in [0, 0.05) is 15.6 Å². The molecule has 0 fully saturated rings. The number of hydrogen-bond acceptors (Lipinski definition) is 5. The first-order valence-electron chi connectivity index (χ1n) is 8.16. The van der Waals surface area contributed by atoms with Crippen LogP contribution < -0.4 is 20.3 Å². The molecule has 144 valence electrons. The maximum absolute atomic E-state index is 12.3. The van der Waals surface area contributed by atoms with E-state index in [1.54, 1.807) is 18.2 Å². The highest BCUT2D eigenvalue weighted by molar-refractivity contribution is 9.10. The molecule has 0 saturated carbocycles. The fourth-order valence-corrected chi connectivity index (χ4v) is 2.70. The summed E-state index contributed by atoms with van der Waals surface area (Å²) in [4.78, 5) is 24.5. The molecule has 3 aromatic rings. The van der Waals surface area contributed by atoms with Crippen LogP contribution in [0.5, 0.6) is 11.5 Å². The molecule has 0 radical (unpaired) electrons. The Morgan fingerprint density at radius 2 is 1.61 bits per heavy atom. The number of hydrogen-bond donors (Lipinski definition) is 3. The van der Waals surface area contributed by atoms with Gasteiger partial charge in [-0.3, -0.25) is 25.5 Å². The number of nitrogens with one attached hydrogen (secondary N) is 3. The second kappa shape index (κ2) is 8.57. The summed E-state index contributed by atoms with van der Waals surface area (Å²) in [5, 5.41) is 6.77. The first-order chi connectivity index (χ1) is 13.5. The fraction of sp³-hybridized carbons (Fsp3) is 0.105. The van der Waals surface area contributed by atoms with Gasteiger partial charge in [0.25, 0.3) is 11.8 Å². The van der Waals surface area contributed by atoms with Gasteiger partial charge in [0.2, 0.25) is 0 Å². The molecule has 2 aromatic carbocycles. The van der Waals surface area contributed by atoms with Crippen molar-refractivity contribution >= 4 is 27.7 Å². The molecule has 8 nitrogen and oxygen atoms in total. The zero-order chi connectivity index (χ0) is 20.1. The van der Waals surface area contributed by atoms with Gasteiger partial charge >= 0.3 is 0 Å². The Morgan fingerprint density at radius 3 is 2.29 bits per heavy atom. The lowest BCUT2D eigenvalue weighted by atomic mass is 10.1. The normalized spacial score (nSPS) is 10.2. The van der Waals surface area contributed by atoms with E-state index in [0.717, 1.165) is 10.0 Å². The van der Waals surface area contributed by atoms with Crippen LogP contribution in [0.3, 0.4) is 0 Å². The average molecular weight is 445 g/mol. The summed E-state index contributed by atoms with van der Waals surface area (Å²) in [6.07, 6.45) is 0. The minimum atomic E-state index is -0.523. The molecule has 2 amide bonds. The lowest BCUT2D eigenvalue weighted by molar-refractivity contribution is 0.0843. The number of carbonyl (C=O) groups excluding carboxylic acids is 2. The highest BCUT2D eigenvalue weighted by Crippen LogP contribution is 2.27. The van der Waals surface area contributed by atoms with Gasteiger partial charge in [-0.25, -0.2) is 0 Å². The van der Waals surface area contributed by atoms with Crippen molar-refractivity contribution in [3.05, 3.63) is 64.3 Å². The summed E-state index contributed by atoms with van der Waals surface area (Å²) in [5.41, 5.74) is 6.69. The van der Waals surface area contributed by atoms with Crippen molar-refractivity contribution in [2.24, 2.45) is 0 Å². The quantitative estimate of drug-likeness (QED) is 0.524. The van der Waals surface area contributed by atoms with Gasteiger partial charge in [-0.2, -0.15) is 5.10 Å². The van der Waals surface area contributed by atoms with Crippen LogP contribution in [0.25, 0.3) is 11.3 Å². The molecular weight excluding hydrogens is 428 g/mol. The lowest BCUT2D eigenvalue weighted by Crippen LogP contribution is -2.41. The first-order valence-corrected chi connectivity index (χ1v) is 8.95. The number of benzene rings is 2. The zero-order valence-corrected chi connectivity index (χ0v) is 16.7. The third-order valence-electron chi connectivity index (χ3n) is 3.90. The minimum absolute atomic E-state index is 0.213. The van der Waals surface area contributed by atoms with Crippen molar-refractivity contribution in [2.75, 3.05) is 14.2 Å². The molecule has 0 aliphatic rings. The van der Waals surface area contributed by atoms with Crippen LogP contribution in [-0.4, -0.2) is 36.2 Å². The molecule has 9 heteroatoms. The molecule has 0 bridgehead atoms. The standard InChI is InChI=1S/C19H17BrN4O4/c1-27-16-8-5-12(9-17(16)28-2)18(25)23-24-19(26)15-10-14(21-22-15)11-3-6-13(20)7-4-11/h3-10H,1-2H3,(H,21,22)(H,23,25)(H,24,26). The highest BCUT2D eigenvalue weighted by Gasteiger charge is 2.14. The molecule has 0 saturated heterocycles. The zero-order valence-electron chi connectivity index (χ0n) is 15.1. The SMILES string of the molecule is COc1ccc(C(=O)NNC(=O)c2cc(-c3ccc(Br)cc3)n[nH]2)cc1OC. The van der Waals surface area contributed by atoms with Gasteiger partial charge in [-0.1, -0.05) is 28.1 Å². The van der Waals surface area contributed by atoms with Crippen LogP contribution in [0, 0.1) is 0 Å². The van der Waals surface area contributed by atoms with Gasteiger partial charge in [-0.05, 0) is 36.4 Å². The predicted molar refractivity (Wildman–Crippen MR) is 106 cm³/mol. The van der Waals surface area contributed by atoms with Gasteiger partial charge in [0.05, 0.1) is 19.9 Å². The number of rotatable bonds is 5. The first kappa shape index (κ1) is 19.4. The van der Waals surface area contributed by atoms with E-state index in [-0.39, 0.29) is 5.69 Å². The summed E-state index contributed by atoms with van der Waals surface area (Å²) < 4.78 is 11.2. The summed E-state index contributed by atoms with van der Waals surface area (Å²) in [5.74, 6) is -0.109. The maximum Gasteiger partial charge on any atom is 0.287 e. The molecule has 28 heavy (non-hydrogen) atoms. The topological polar surface area (TPSA) is 105 Å². The van der Waals surface area contributed by atoms with Crippen molar-refractivity contribution in [3.8, 4) is 22.8 Å². The van der Waals surface area contributed by atoms with Crippen LogP contribution >= 0.6 is 15.9 Å². The van der Waals surface area contributed by atoms with Crippen molar-refractivity contribution < 1.29 is 19.1 Å². The third kappa shape index (κ3) is 4.32. The summed E-state index contributed by atoms with van der Waals surface area (Å²) in [6, 6.07) is 13.8. The second-order valence-corrected chi connectivity index (χ2v) is 6.57. The van der Waals surface area contributed by atoms with E-state index in [1.807, 2.05) is 24.3 Å². The second-order valence-electron chi connectivity index (χ2n) is 5.65. The van der Waals surface area contributed by atoms with Gasteiger partial charge in [0.15, 0.2) is 11.5 Å². The predicted octanol–water partition coefficient (Wildman–Crippen LogP) is 2.93. The number of H-pyrrole nitrogens is 1. The summed E-state index contributed by atoms with van der Waals surface area (Å²) in [7, 11) is 2.98. The van der Waals surface area contributed by atoms with Crippen molar-refractivity contribution in [1.29, 1.82) is 0 Å². The molecule has 0 atom stereocenters. The number of halogens is 1. The molecule has 3 rings (SSSR count). The lowest BCUT2D eigenvalue weighted by Gasteiger charge is -2.10. The number of hydrazine groups is 1. The smallest absolute Gasteiger partial charge is 0.287 e. The number of aromatic amines is 1. The number of aromatic nitrogens is 2. The van der Waals surface area contributed by atoms with Crippen LogP contribution in [0.1, 0.15) is 20.8 Å². The number of amides is 2. The number of carbonyl (C=O) groups is 2. The Bertz CT molecular complexity index is 1000. The molecular formula is C19H17BrN4O4. The van der Waals surface area contributed by atoms with Gasteiger partial charge in [0.1, 0.15) is 5.69 Å². The van der Waals surface area contributed by atoms with Crippen LogP contribution in [0.2, 0.25) is 0 Å². The molecule has 1 aromatic heterocycles. The number of nitrogens with zero attached hydrogens (tertiary/aromatic N) is 1. The summed E-state index contributed by atoms with van der Waals surface area (Å²) in [6.45, 7) is 0. The number of methoxy groups -OCH3 is 2. The van der Waals surface area contributed by atoms with Gasteiger partial charge in [-0.15, -0.1) is 0 Å². The Labute approximate surface area is 169 Å². The minimum Gasteiger partial charge on any atom is -0.493 e. The molecule has 0 spiro atoms. The van der Waals surface area contributed by atoms with Crippen molar-refractivity contribution in [1.82, 2.24) is 21.0 Å². The fourth-order valence-electron chi connectivity index (χ4n) is 2.44. The molecule has 0 aliphatic heterocycles. The van der Waals surface area contributed by atoms with E-state index in [4.69, 9.17) is 9.47 Å². The largest absolute Gasteiger partial charge is 0.493 e. The molecule has 0 aliphatic carbocycles. The van der Waals surface area contributed by atoms with E-state index >= 15 is 0 Å². The number of ether oxygens (including phenoxy) is 2. The highest BCUT2D eigenvalue weighted by atomic mass is 79.9. The van der Waals surface area contributed by atoms with E-state index < -0.39 is 11.8 Å². The molecule has 0 unspecified atom stereocenters. The van der Waals surface area contributed by atoms with Crippen molar-refractivity contribution in [3.63, 3.8) is 0 Å². The Kier molecular flexibility index (Phi) is 5.95. The Morgan fingerprint density at radius 1 is 0.929 bits per heavy atom. The van der Waals surface area contributed by atoms with E-state index in [0.29, 0.717) is 22.8 Å². The summed E-state index contributed by atoms with van der Waals surface area (Å²) >= 11 is 3.37. The van der Waals surface area contributed by atoms with E-state index in [9.17, 15) is 9.59 Å². The van der Waals surface area contributed by atoms with E-state index in [2.05, 4.69) is 37.0 Å². The maximum atomic E-state index is 12.3. The van der Waals surface area contributed by atoms with Crippen LogP contribution in [-0.2, 0) is 0 Å². The Balaban J connectivity index is 1.64. The average Bonchev–Trinajstić information content (AvgIpc) is 3.22.